The molecule has 0 amide bonds. The summed E-state index contributed by atoms with van der Waals surface area (Å²) < 4.78 is 10.3. The first kappa shape index (κ1) is 13.3. The summed E-state index contributed by atoms with van der Waals surface area (Å²) in [4.78, 5) is 4.17. The van der Waals surface area contributed by atoms with Crippen molar-refractivity contribution < 1.29 is 9.47 Å². The van der Waals surface area contributed by atoms with Gasteiger partial charge in [-0.3, -0.25) is 4.99 Å². The summed E-state index contributed by atoms with van der Waals surface area (Å²) in [6, 6.07) is 0.337. The van der Waals surface area contributed by atoms with Crippen molar-refractivity contribution in [3.05, 3.63) is 0 Å². The third-order valence-corrected chi connectivity index (χ3v) is 3.36. The molecule has 94 valence electrons. The number of aliphatic imine (C=N–C) groups is 1. The zero-order chi connectivity index (χ0) is 12.2. The molecule has 1 rings (SSSR count). The molecule has 2 atom stereocenters. The van der Waals surface area contributed by atoms with E-state index >= 15 is 0 Å². The third kappa shape index (κ3) is 2.86. The molecule has 3 N–H and O–H groups in total. The Bertz CT molecular complexity index is 254. The van der Waals surface area contributed by atoms with Crippen molar-refractivity contribution in [1.29, 1.82) is 0 Å². The normalized spacial score (nSPS) is 28.6. The SMILES string of the molecule is COCCN=C(N)NC1CC(OC)C1(C)C. The van der Waals surface area contributed by atoms with Crippen molar-refractivity contribution in [2.45, 2.75) is 32.4 Å². The van der Waals surface area contributed by atoms with Gasteiger partial charge in [-0.2, -0.15) is 0 Å². The van der Waals surface area contributed by atoms with Gasteiger partial charge in [0.05, 0.1) is 19.3 Å². The van der Waals surface area contributed by atoms with E-state index in [0.717, 1.165) is 6.42 Å². The Hall–Kier alpha value is -0.810. The molecule has 0 heterocycles. The Morgan fingerprint density at radius 2 is 2.19 bits per heavy atom. The Balaban J connectivity index is 2.36. The van der Waals surface area contributed by atoms with Gasteiger partial charge in [-0.05, 0) is 6.42 Å². The molecular weight excluding hydrogens is 206 g/mol. The van der Waals surface area contributed by atoms with E-state index in [4.69, 9.17) is 15.2 Å². The molecule has 1 aliphatic rings. The molecule has 0 aromatic carbocycles. The summed E-state index contributed by atoms with van der Waals surface area (Å²) in [5, 5.41) is 3.22. The number of ether oxygens (including phenoxy) is 2. The number of rotatable bonds is 5. The van der Waals surface area contributed by atoms with Gasteiger partial charge in [-0.25, -0.2) is 0 Å². The first-order valence-corrected chi connectivity index (χ1v) is 5.60. The second-order valence-electron chi connectivity index (χ2n) is 4.74. The molecule has 5 heteroatoms. The molecule has 0 aliphatic heterocycles. The quantitative estimate of drug-likeness (QED) is 0.405. The lowest BCUT2D eigenvalue weighted by Gasteiger charge is -2.51. The number of methoxy groups -OCH3 is 2. The molecule has 1 saturated carbocycles. The molecule has 1 fully saturated rings. The van der Waals surface area contributed by atoms with E-state index in [9.17, 15) is 0 Å². The first-order chi connectivity index (χ1) is 7.52. The van der Waals surface area contributed by atoms with Gasteiger partial charge in [0.25, 0.3) is 0 Å². The smallest absolute Gasteiger partial charge is 0.188 e. The maximum Gasteiger partial charge on any atom is 0.188 e. The summed E-state index contributed by atoms with van der Waals surface area (Å²) >= 11 is 0. The third-order valence-electron chi connectivity index (χ3n) is 3.36. The van der Waals surface area contributed by atoms with E-state index in [2.05, 4.69) is 24.2 Å². The maximum absolute atomic E-state index is 5.78. The molecule has 0 radical (unpaired) electrons. The number of hydrogen-bond donors (Lipinski definition) is 2. The maximum atomic E-state index is 5.78. The fourth-order valence-corrected chi connectivity index (χ4v) is 2.01. The number of nitrogens with one attached hydrogen (secondary N) is 1. The van der Waals surface area contributed by atoms with Crippen molar-refractivity contribution in [3.8, 4) is 0 Å². The lowest BCUT2D eigenvalue weighted by atomic mass is 9.64. The van der Waals surface area contributed by atoms with Crippen molar-refractivity contribution in [2.24, 2.45) is 16.1 Å². The second-order valence-corrected chi connectivity index (χ2v) is 4.74. The number of nitrogens with zero attached hydrogens (tertiary/aromatic N) is 1. The highest BCUT2D eigenvalue weighted by atomic mass is 16.5. The molecule has 1 aliphatic carbocycles. The summed E-state index contributed by atoms with van der Waals surface area (Å²) in [7, 11) is 3.40. The van der Waals surface area contributed by atoms with Gasteiger partial charge in [0.2, 0.25) is 0 Å². The first-order valence-electron chi connectivity index (χ1n) is 5.60. The van der Waals surface area contributed by atoms with Gasteiger partial charge in [0.15, 0.2) is 5.96 Å². The standard InChI is InChI=1S/C11H23N3O2/c1-11(2)8(7-9(11)16-4)14-10(12)13-5-6-15-3/h8-9H,5-7H2,1-4H3,(H3,12,13,14). The van der Waals surface area contributed by atoms with Crippen LogP contribution in [0.15, 0.2) is 4.99 Å². The lowest BCUT2D eigenvalue weighted by molar-refractivity contribution is -0.0921. The molecule has 0 saturated heterocycles. The van der Waals surface area contributed by atoms with Gasteiger partial charge in [0, 0.05) is 25.7 Å². The van der Waals surface area contributed by atoms with Crippen LogP contribution in [0.25, 0.3) is 0 Å². The average Bonchev–Trinajstić information content (AvgIpc) is 2.24. The van der Waals surface area contributed by atoms with E-state index in [1.54, 1.807) is 14.2 Å². The van der Waals surface area contributed by atoms with Crippen LogP contribution in [0, 0.1) is 5.41 Å². The summed E-state index contributed by atoms with van der Waals surface area (Å²) in [6.45, 7) is 5.53. The predicted octanol–water partition coefficient (Wildman–Crippen LogP) is 0.351. The minimum atomic E-state index is 0.107. The van der Waals surface area contributed by atoms with Crippen LogP contribution < -0.4 is 11.1 Å². The van der Waals surface area contributed by atoms with E-state index < -0.39 is 0 Å². The zero-order valence-corrected chi connectivity index (χ0v) is 10.6. The van der Waals surface area contributed by atoms with E-state index in [1.165, 1.54) is 0 Å². The minimum Gasteiger partial charge on any atom is -0.383 e. The van der Waals surface area contributed by atoms with Crippen molar-refractivity contribution >= 4 is 5.96 Å². The monoisotopic (exact) mass is 229 g/mol. The highest BCUT2D eigenvalue weighted by Gasteiger charge is 2.48. The van der Waals surface area contributed by atoms with Crippen LogP contribution >= 0.6 is 0 Å². The van der Waals surface area contributed by atoms with Crippen LogP contribution in [0.5, 0.6) is 0 Å². The molecule has 0 aromatic rings. The van der Waals surface area contributed by atoms with Crippen molar-refractivity contribution in [3.63, 3.8) is 0 Å². The van der Waals surface area contributed by atoms with E-state index in [0.29, 0.717) is 31.3 Å². The Kier molecular flexibility index (Phi) is 4.56. The van der Waals surface area contributed by atoms with Crippen LogP contribution in [0.1, 0.15) is 20.3 Å². The molecule has 16 heavy (non-hydrogen) atoms. The van der Waals surface area contributed by atoms with Crippen LogP contribution in [0.2, 0.25) is 0 Å². The van der Waals surface area contributed by atoms with Gasteiger partial charge >= 0.3 is 0 Å². The van der Waals surface area contributed by atoms with Gasteiger partial charge in [-0.1, -0.05) is 13.8 Å². The van der Waals surface area contributed by atoms with E-state index in [1.807, 2.05) is 0 Å². The van der Waals surface area contributed by atoms with Crippen molar-refractivity contribution in [2.75, 3.05) is 27.4 Å². The number of hydrogen-bond acceptors (Lipinski definition) is 3. The zero-order valence-electron chi connectivity index (χ0n) is 10.6. The highest BCUT2D eigenvalue weighted by molar-refractivity contribution is 5.78. The average molecular weight is 229 g/mol. The van der Waals surface area contributed by atoms with Crippen LogP contribution in [0.4, 0.5) is 0 Å². The van der Waals surface area contributed by atoms with Crippen LogP contribution in [-0.4, -0.2) is 45.5 Å². The molecule has 0 bridgehead atoms. The number of guanidine groups is 1. The number of nitrogens with two attached hydrogens (primary N) is 1. The molecular formula is C11H23N3O2. The molecule has 0 aromatic heterocycles. The fourth-order valence-electron chi connectivity index (χ4n) is 2.01. The fraction of sp³-hybridized carbons (Fsp3) is 0.909. The molecule has 2 unspecified atom stereocenters. The second kappa shape index (κ2) is 5.50. The van der Waals surface area contributed by atoms with Crippen molar-refractivity contribution in [1.82, 2.24) is 5.32 Å². The predicted molar refractivity (Wildman–Crippen MR) is 64.5 cm³/mol. The Morgan fingerprint density at radius 1 is 1.50 bits per heavy atom. The topological polar surface area (TPSA) is 68.9 Å². The Morgan fingerprint density at radius 3 is 2.69 bits per heavy atom. The molecule has 0 spiro atoms. The summed E-state index contributed by atoms with van der Waals surface area (Å²) in [5.41, 5.74) is 5.88. The largest absolute Gasteiger partial charge is 0.383 e. The summed E-state index contributed by atoms with van der Waals surface area (Å²) in [5.74, 6) is 0.490. The minimum absolute atomic E-state index is 0.107. The highest BCUT2D eigenvalue weighted by Crippen LogP contribution is 2.42. The van der Waals surface area contributed by atoms with E-state index in [-0.39, 0.29) is 5.41 Å². The van der Waals surface area contributed by atoms with Crippen LogP contribution in [0.3, 0.4) is 0 Å². The molecule has 5 nitrogen and oxygen atoms in total. The summed E-state index contributed by atoms with van der Waals surface area (Å²) in [6.07, 6.45) is 1.28. The Labute approximate surface area is 97.4 Å². The lowest BCUT2D eigenvalue weighted by Crippen LogP contribution is -2.62. The van der Waals surface area contributed by atoms with Gasteiger partial charge < -0.3 is 20.5 Å². The van der Waals surface area contributed by atoms with Gasteiger partial charge in [-0.15, -0.1) is 0 Å². The van der Waals surface area contributed by atoms with Gasteiger partial charge in [0.1, 0.15) is 0 Å². The van der Waals surface area contributed by atoms with Crippen LogP contribution in [-0.2, 0) is 9.47 Å².